The lowest BCUT2D eigenvalue weighted by atomic mass is 10.2. The van der Waals surface area contributed by atoms with Crippen LogP contribution >= 0.6 is 0 Å². The largest absolute Gasteiger partial charge is 0.363 e. The molecule has 1 aromatic carbocycles. The van der Waals surface area contributed by atoms with Crippen molar-refractivity contribution < 1.29 is 0 Å². The van der Waals surface area contributed by atoms with Crippen LogP contribution in [0.5, 0.6) is 0 Å². The lowest BCUT2D eigenvalue weighted by Gasteiger charge is -2.29. The second-order valence-electron chi connectivity index (χ2n) is 3.80. The number of nitrogens with zero attached hydrogens (tertiary/aromatic N) is 1. The summed E-state index contributed by atoms with van der Waals surface area (Å²) in [5, 5.41) is 3.54. The molecule has 1 aromatic rings. The summed E-state index contributed by atoms with van der Waals surface area (Å²) in [7, 11) is 0. The third-order valence-electron chi connectivity index (χ3n) is 2.77. The first-order valence-electron chi connectivity index (χ1n) is 5.97. The second kappa shape index (κ2) is 7.07. The van der Waals surface area contributed by atoms with Crippen molar-refractivity contribution in [3.05, 3.63) is 48.7 Å². The van der Waals surface area contributed by atoms with E-state index in [1.54, 1.807) is 0 Å². The molecule has 88 valence electrons. The topological polar surface area (TPSA) is 15.3 Å². The summed E-state index contributed by atoms with van der Waals surface area (Å²) in [5.74, 6) is 0. The van der Waals surface area contributed by atoms with Crippen molar-refractivity contribution in [3.63, 3.8) is 0 Å². The van der Waals surface area contributed by atoms with Crippen molar-refractivity contribution in [3.8, 4) is 0 Å². The first kappa shape index (κ1) is 12.8. The molecule has 0 amide bonds. The molecule has 1 atom stereocenters. The average Bonchev–Trinajstić information content (AvgIpc) is 2.35. The third-order valence-corrected chi connectivity index (χ3v) is 2.77. The van der Waals surface area contributed by atoms with E-state index in [-0.39, 0.29) is 0 Å². The Morgan fingerprint density at radius 1 is 1.31 bits per heavy atom. The van der Waals surface area contributed by atoms with Gasteiger partial charge in [-0.3, -0.25) is 5.32 Å². The van der Waals surface area contributed by atoms with E-state index in [1.807, 2.05) is 12.3 Å². The minimum atomic E-state index is 0.378. The maximum atomic E-state index is 3.84. The zero-order valence-corrected chi connectivity index (χ0v) is 10.3. The highest BCUT2D eigenvalue weighted by Gasteiger charge is 2.09. The van der Waals surface area contributed by atoms with Gasteiger partial charge in [-0.15, -0.1) is 0 Å². The van der Waals surface area contributed by atoms with Crippen LogP contribution in [0.4, 0.5) is 0 Å². The van der Waals surface area contributed by atoms with Crippen LogP contribution in [0, 0.1) is 0 Å². The van der Waals surface area contributed by atoms with Crippen LogP contribution in [-0.2, 0) is 6.54 Å². The Labute approximate surface area is 99.0 Å². The molecule has 0 aliphatic rings. The Bertz CT molecular complexity index is 295. The number of rotatable bonds is 7. The zero-order chi connectivity index (χ0) is 11.8. The van der Waals surface area contributed by atoms with Gasteiger partial charge in [0, 0.05) is 13.1 Å². The van der Waals surface area contributed by atoms with Crippen molar-refractivity contribution in [2.75, 3.05) is 6.54 Å². The van der Waals surface area contributed by atoms with Crippen molar-refractivity contribution >= 4 is 0 Å². The van der Waals surface area contributed by atoms with E-state index in [4.69, 9.17) is 0 Å². The quantitative estimate of drug-likeness (QED) is 0.708. The maximum absolute atomic E-state index is 3.84. The average molecular weight is 218 g/mol. The van der Waals surface area contributed by atoms with Gasteiger partial charge in [0.25, 0.3) is 0 Å². The number of nitrogens with one attached hydrogen (secondary N) is 1. The van der Waals surface area contributed by atoms with Crippen molar-refractivity contribution in [1.29, 1.82) is 0 Å². The van der Waals surface area contributed by atoms with Crippen molar-refractivity contribution in [1.82, 2.24) is 10.2 Å². The number of benzene rings is 1. The summed E-state index contributed by atoms with van der Waals surface area (Å²) in [4.78, 5) is 2.23. The molecule has 0 aliphatic carbocycles. The zero-order valence-electron chi connectivity index (χ0n) is 10.3. The molecule has 0 aliphatic heterocycles. The minimum Gasteiger partial charge on any atom is -0.363 e. The van der Waals surface area contributed by atoms with Gasteiger partial charge < -0.3 is 4.90 Å². The molecule has 0 spiro atoms. The van der Waals surface area contributed by atoms with E-state index in [0.29, 0.717) is 6.17 Å². The van der Waals surface area contributed by atoms with Gasteiger partial charge in [0.2, 0.25) is 0 Å². The highest BCUT2D eigenvalue weighted by molar-refractivity contribution is 5.14. The van der Waals surface area contributed by atoms with Gasteiger partial charge in [-0.2, -0.15) is 0 Å². The fraction of sp³-hybridized carbons (Fsp3) is 0.429. The Kier molecular flexibility index (Phi) is 5.65. The van der Waals surface area contributed by atoms with Gasteiger partial charge in [-0.05, 0) is 25.1 Å². The van der Waals surface area contributed by atoms with Gasteiger partial charge in [-0.1, -0.05) is 43.8 Å². The number of hydrogen-bond acceptors (Lipinski definition) is 2. The van der Waals surface area contributed by atoms with Crippen LogP contribution in [0.25, 0.3) is 0 Å². The molecule has 0 aromatic heterocycles. The first-order chi connectivity index (χ1) is 7.81. The summed E-state index contributed by atoms with van der Waals surface area (Å²) in [6.07, 6.45) is 3.36. The molecule has 0 saturated heterocycles. The van der Waals surface area contributed by atoms with Gasteiger partial charge >= 0.3 is 0 Å². The molecular formula is C14H22N2. The summed E-state index contributed by atoms with van der Waals surface area (Å²) >= 11 is 0. The van der Waals surface area contributed by atoms with E-state index in [2.05, 4.69) is 54.9 Å². The molecule has 0 radical (unpaired) electrons. The molecule has 0 saturated carbocycles. The van der Waals surface area contributed by atoms with Crippen molar-refractivity contribution in [2.24, 2.45) is 0 Å². The van der Waals surface area contributed by atoms with E-state index in [0.717, 1.165) is 19.5 Å². The molecule has 1 rings (SSSR count). The molecule has 0 heterocycles. The first-order valence-corrected chi connectivity index (χ1v) is 5.97. The smallest absolute Gasteiger partial charge is 0.0789 e. The normalized spacial score (nSPS) is 12.1. The van der Waals surface area contributed by atoms with E-state index in [9.17, 15) is 0 Å². The molecule has 0 fully saturated rings. The van der Waals surface area contributed by atoms with E-state index < -0.39 is 0 Å². The molecule has 0 unspecified atom stereocenters. The lowest BCUT2D eigenvalue weighted by Crippen LogP contribution is -2.41. The third kappa shape index (κ3) is 3.70. The van der Waals surface area contributed by atoms with Crippen LogP contribution in [0.15, 0.2) is 43.1 Å². The Morgan fingerprint density at radius 3 is 2.50 bits per heavy atom. The summed E-state index contributed by atoms with van der Waals surface area (Å²) in [6.45, 7) is 10.1. The summed E-state index contributed by atoms with van der Waals surface area (Å²) < 4.78 is 0. The standard InChI is InChI=1S/C14H22N2/c1-4-14(16(5-2)6-3)15-12-13-10-8-7-9-11-13/h5,7-11,14-15H,2,4,6,12H2,1,3H3/t14-/m0/s1. The molecule has 2 nitrogen and oxygen atoms in total. The highest BCUT2D eigenvalue weighted by atomic mass is 15.2. The van der Waals surface area contributed by atoms with Crippen LogP contribution in [0.3, 0.4) is 0 Å². The minimum absolute atomic E-state index is 0.378. The lowest BCUT2D eigenvalue weighted by molar-refractivity contribution is 0.235. The van der Waals surface area contributed by atoms with Crippen LogP contribution in [-0.4, -0.2) is 17.6 Å². The SMILES string of the molecule is C=CN(CC)[C@@H](CC)NCc1ccccc1. The van der Waals surface area contributed by atoms with Crippen LogP contribution in [0.2, 0.25) is 0 Å². The predicted molar refractivity (Wildman–Crippen MR) is 69.9 cm³/mol. The molecular weight excluding hydrogens is 196 g/mol. The monoisotopic (exact) mass is 218 g/mol. The molecule has 0 bridgehead atoms. The van der Waals surface area contributed by atoms with E-state index >= 15 is 0 Å². The van der Waals surface area contributed by atoms with Crippen LogP contribution < -0.4 is 5.32 Å². The number of hydrogen-bond donors (Lipinski definition) is 1. The van der Waals surface area contributed by atoms with Gasteiger partial charge in [0.15, 0.2) is 0 Å². The van der Waals surface area contributed by atoms with Gasteiger partial charge in [-0.25, -0.2) is 0 Å². The van der Waals surface area contributed by atoms with Crippen LogP contribution in [0.1, 0.15) is 25.8 Å². The van der Waals surface area contributed by atoms with E-state index in [1.165, 1.54) is 5.56 Å². The molecule has 16 heavy (non-hydrogen) atoms. The molecule has 1 N–H and O–H groups in total. The van der Waals surface area contributed by atoms with Crippen molar-refractivity contribution in [2.45, 2.75) is 33.0 Å². The maximum Gasteiger partial charge on any atom is 0.0789 e. The Morgan fingerprint density at radius 2 is 2.00 bits per heavy atom. The Balaban J connectivity index is 2.48. The second-order valence-corrected chi connectivity index (χ2v) is 3.80. The van der Waals surface area contributed by atoms with Gasteiger partial charge in [0.05, 0.1) is 6.17 Å². The highest BCUT2D eigenvalue weighted by Crippen LogP contribution is 2.04. The fourth-order valence-corrected chi connectivity index (χ4v) is 1.80. The predicted octanol–water partition coefficient (Wildman–Crippen LogP) is 2.98. The van der Waals surface area contributed by atoms with Gasteiger partial charge in [0.1, 0.15) is 0 Å². The molecule has 2 heteroatoms. The summed E-state index contributed by atoms with van der Waals surface area (Å²) in [5.41, 5.74) is 1.32. The summed E-state index contributed by atoms with van der Waals surface area (Å²) in [6, 6.07) is 10.5. The fourth-order valence-electron chi connectivity index (χ4n) is 1.80. The Hall–Kier alpha value is -1.28.